The second-order valence-electron chi connectivity index (χ2n) is 7.41. The van der Waals surface area contributed by atoms with Crippen LogP contribution in [0, 0.1) is 0 Å². The van der Waals surface area contributed by atoms with Gasteiger partial charge in [0.15, 0.2) is 0 Å². The zero-order valence-electron chi connectivity index (χ0n) is 16.2. The van der Waals surface area contributed by atoms with Crippen molar-refractivity contribution in [1.82, 2.24) is 10.6 Å². The van der Waals surface area contributed by atoms with Gasteiger partial charge in [0.05, 0.1) is 6.04 Å². The second-order valence-corrected chi connectivity index (χ2v) is 7.41. The molecule has 0 bridgehead atoms. The third-order valence-corrected chi connectivity index (χ3v) is 5.27. The van der Waals surface area contributed by atoms with Crippen molar-refractivity contribution in [3.63, 3.8) is 0 Å². The summed E-state index contributed by atoms with van der Waals surface area (Å²) in [6.45, 7) is 0.706. The van der Waals surface area contributed by atoms with E-state index in [9.17, 15) is 9.90 Å². The average molecular weight is 383 g/mol. The predicted molar refractivity (Wildman–Crippen MR) is 110 cm³/mol. The molecule has 0 aliphatic heterocycles. The van der Waals surface area contributed by atoms with Crippen LogP contribution in [0.2, 0.25) is 0 Å². The van der Waals surface area contributed by atoms with E-state index in [1.54, 1.807) is 0 Å². The largest absolute Gasteiger partial charge is 0.445 e. The summed E-state index contributed by atoms with van der Waals surface area (Å²) in [4.78, 5) is 12.3. The van der Waals surface area contributed by atoms with Crippen LogP contribution in [-0.4, -0.2) is 29.8 Å². The zero-order chi connectivity index (χ0) is 19.6. The number of aliphatic hydroxyl groups is 1. The molecule has 1 aliphatic rings. The molecule has 2 aromatic carbocycles. The highest BCUT2D eigenvalue weighted by molar-refractivity contribution is 5.67. The van der Waals surface area contributed by atoms with Crippen molar-refractivity contribution in [2.75, 3.05) is 6.54 Å². The molecule has 3 N–H and O–H groups in total. The van der Waals surface area contributed by atoms with Crippen LogP contribution in [0.25, 0.3) is 0 Å². The van der Waals surface area contributed by atoms with Crippen molar-refractivity contribution >= 4 is 6.09 Å². The topological polar surface area (TPSA) is 70.6 Å². The van der Waals surface area contributed by atoms with Crippen LogP contribution >= 0.6 is 0 Å². The predicted octanol–water partition coefficient (Wildman–Crippen LogP) is 3.94. The summed E-state index contributed by atoms with van der Waals surface area (Å²) < 4.78 is 5.35. The molecule has 28 heavy (non-hydrogen) atoms. The molecule has 0 saturated heterocycles. The van der Waals surface area contributed by atoms with Gasteiger partial charge in [0.25, 0.3) is 0 Å². The van der Waals surface area contributed by atoms with E-state index in [1.807, 2.05) is 60.7 Å². The third kappa shape index (κ3) is 6.36. The van der Waals surface area contributed by atoms with Gasteiger partial charge in [-0.3, -0.25) is 0 Å². The Labute approximate surface area is 167 Å². The van der Waals surface area contributed by atoms with Gasteiger partial charge >= 0.3 is 6.09 Å². The lowest BCUT2D eigenvalue weighted by atomic mass is 9.95. The molecule has 3 rings (SSSR count). The number of amides is 1. The summed E-state index contributed by atoms with van der Waals surface area (Å²) in [6, 6.07) is 19.0. The fraction of sp³-hybridized carbons (Fsp3) is 0.435. The third-order valence-electron chi connectivity index (χ3n) is 5.27. The summed E-state index contributed by atoms with van der Waals surface area (Å²) in [5.74, 6) is 0. The maximum atomic E-state index is 12.3. The van der Waals surface area contributed by atoms with Gasteiger partial charge in [-0.05, 0) is 24.0 Å². The highest BCUT2D eigenvalue weighted by atomic mass is 16.5. The number of rotatable bonds is 8. The van der Waals surface area contributed by atoms with Crippen LogP contribution in [0.5, 0.6) is 0 Å². The number of hydrogen-bond donors (Lipinski definition) is 3. The molecule has 1 amide bonds. The van der Waals surface area contributed by atoms with E-state index >= 15 is 0 Å². The number of benzene rings is 2. The molecule has 0 spiro atoms. The average Bonchev–Trinajstić information content (AvgIpc) is 2.76. The number of nitrogens with one attached hydrogen (secondary N) is 2. The Morgan fingerprint density at radius 2 is 1.64 bits per heavy atom. The number of carbonyl (C=O) groups excluding carboxylic acids is 1. The standard InChI is InChI=1S/C23H30N2O3/c26-22(19-12-6-2-7-13-19)21(16-24-20-14-8-3-9-15-20)25-23(27)28-17-18-10-4-1-5-11-18/h1-2,4-7,10-13,20-22,24,26H,3,8-9,14-17H2,(H,25,27)/t21-,22-/m1/s1. The van der Waals surface area contributed by atoms with Gasteiger partial charge in [0.2, 0.25) is 0 Å². The molecule has 1 aliphatic carbocycles. The molecule has 1 fully saturated rings. The van der Waals surface area contributed by atoms with E-state index in [1.165, 1.54) is 19.3 Å². The van der Waals surface area contributed by atoms with Crippen LogP contribution in [0.4, 0.5) is 4.79 Å². The van der Waals surface area contributed by atoms with Crippen molar-refractivity contribution in [1.29, 1.82) is 0 Å². The lowest BCUT2D eigenvalue weighted by Gasteiger charge is -2.29. The Bertz CT molecular complexity index is 702. The van der Waals surface area contributed by atoms with Crippen LogP contribution in [0.15, 0.2) is 60.7 Å². The van der Waals surface area contributed by atoms with Crippen molar-refractivity contribution in [2.24, 2.45) is 0 Å². The van der Waals surface area contributed by atoms with E-state index < -0.39 is 18.2 Å². The number of carbonyl (C=O) groups is 1. The quantitative estimate of drug-likeness (QED) is 0.647. The minimum absolute atomic E-state index is 0.205. The van der Waals surface area contributed by atoms with Gasteiger partial charge in [-0.2, -0.15) is 0 Å². The van der Waals surface area contributed by atoms with Gasteiger partial charge in [-0.15, -0.1) is 0 Å². The van der Waals surface area contributed by atoms with Crippen LogP contribution in [0.3, 0.4) is 0 Å². The van der Waals surface area contributed by atoms with E-state index in [-0.39, 0.29) is 6.61 Å². The lowest BCUT2D eigenvalue weighted by Crippen LogP contribution is -2.48. The Kier molecular flexibility index (Phi) is 7.88. The smallest absolute Gasteiger partial charge is 0.407 e. The summed E-state index contributed by atoms with van der Waals surface area (Å²) in [5.41, 5.74) is 1.71. The molecular weight excluding hydrogens is 352 g/mol. The van der Waals surface area contributed by atoms with Crippen molar-refractivity contribution in [3.8, 4) is 0 Å². The highest BCUT2D eigenvalue weighted by Gasteiger charge is 2.25. The summed E-state index contributed by atoms with van der Waals surface area (Å²) >= 11 is 0. The molecule has 0 unspecified atom stereocenters. The second kappa shape index (κ2) is 10.8. The molecule has 150 valence electrons. The maximum absolute atomic E-state index is 12.3. The normalized spacial score (nSPS) is 16.9. The molecule has 5 nitrogen and oxygen atoms in total. The van der Waals surface area contributed by atoms with Gasteiger partial charge in [0.1, 0.15) is 12.7 Å². The monoisotopic (exact) mass is 382 g/mol. The summed E-state index contributed by atoms with van der Waals surface area (Å²) in [5, 5.41) is 17.2. The summed E-state index contributed by atoms with van der Waals surface area (Å²) in [7, 11) is 0. The molecule has 1 saturated carbocycles. The van der Waals surface area contributed by atoms with Crippen LogP contribution in [0.1, 0.15) is 49.3 Å². The summed E-state index contributed by atoms with van der Waals surface area (Å²) in [6.07, 6.45) is 4.72. The number of ether oxygens (including phenoxy) is 1. The minimum atomic E-state index is -0.804. The fourth-order valence-electron chi connectivity index (χ4n) is 3.64. The molecular formula is C23H30N2O3. The van der Waals surface area contributed by atoms with Crippen LogP contribution < -0.4 is 10.6 Å². The van der Waals surface area contributed by atoms with Crippen molar-refractivity contribution < 1.29 is 14.6 Å². The highest BCUT2D eigenvalue weighted by Crippen LogP contribution is 2.20. The molecule has 0 radical (unpaired) electrons. The molecule has 0 aromatic heterocycles. The van der Waals surface area contributed by atoms with Crippen molar-refractivity contribution in [2.45, 2.75) is 56.9 Å². The first-order valence-electron chi connectivity index (χ1n) is 10.2. The molecule has 2 aromatic rings. The first-order chi connectivity index (χ1) is 13.7. The SMILES string of the molecule is O=C(N[C@H](CNC1CCCCC1)[C@H](O)c1ccccc1)OCc1ccccc1. The van der Waals surface area contributed by atoms with E-state index in [4.69, 9.17) is 4.74 Å². The van der Waals surface area contributed by atoms with Gasteiger partial charge in [0, 0.05) is 12.6 Å². The fourth-order valence-corrected chi connectivity index (χ4v) is 3.64. The number of hydrogen-bond acceptors (Lipinski definition) is 4. The van der Waals surface area contributed by atoms with Crippen LogP contribution in [-0.2, 0) is 11.3 Å². The Hall–Kier alpha value is -2.37. The number of alkyl carbamates (subject to hydrolysis) is 1. The van der Waals surface area contributed by atoms with E-state index in [2.05, 4.69) is 10.6 Å². The Morgan fingerprint density at radius 3 is 2.32 bits per heavy atom. The first-order valence-corrected chi connectivity index (χ1v) is 10.2. The minimum Gasteiger partial charge on any atom is -0.445 e. The maximum Gasteiger partial charge on any atom is 0.407 e. The van der Waals surface area contributed by atoms with E-state index in [0.29, 0.717) is 12.6 Å². The van der Waals surface area contributed by atoms with Gasteiger partial charge in [-0.25, -0.2) is 4.79 Å². The zero-order valence-corrected chi connectivity index (χ0v) is 16.2. The van der Waals surface area contributed by atoms with Gasteiger partial charge < -0.3 is 20.5 Å². The Morgan fingerprint density at radius 1 is 1.00 bits per heavy atom. The van der Waals surface area contributed by atoms with Crippen molar-refractivity contribution in [3.05, 3.63) is 71.8 Å². The first kappa shape index (κ1) is 20.4. The Balaban J connectivity index is 1.58. The number of aliphatic hydroxyl groups excluding tert-OH is 1. The molecule has 0 heterocycles. The van der Waals surface area contributed by atoms with E-state index in [0.717, 1.165) is 24.0 Å². The molecule has 2 atom stereocenters. The molecule has 5 heteroatoms. The lowest BCUT2D eigenvalue weighted by molar-refractivity contribution is 0.0993. The van der Waals surface area contributed by atoms with Gasteiger partial charge in [-0.1, -0.05) is 79.9 Å².